The molecule has 0 unspecified atom stereocenters. The van der Waals surface area contributed by atoms with Crippen LogP contribution < -0.4 is 5.73 Å². The summed E-state index contributed by atoms with van der Waals surface area (Å²) in [5.41, 5.74) is 6.68. The van der Waals surface area contributed by atoms with E-state index in [2.05, 4.69) is 11.8 Å². The molecule has 1 saturated heterocycles. The number of likely N-dealkylation sites (tertiary alicyclic amines) is 1. The average Bonchev–Trinajstić information content (AvgIpc) is 2.39. The third-order valence-electron chi connectivity index (χ3n) is 4.55. The second kappa shape index (κ2) is 7.38. The summed E-state index contributed by atoms with van der Waals surface area (Å²) >= 11 is 0. The van der Waals surface area contributed by atoms with Crippen molar-refractivity contribution in [3.63, 3.8) is 0 Å². The summed E-state index contributed by atoms with van der Waals surface area (Å²) in [5.74, 6) is 0. The highest BCUT2D eigenvalue weighted by molar-refractivity contribution is 4.91. The third kappa shape index (κ3) is 4.26. The lowest BCUT2D eigenvalue weighted by Gasteiger charge is -2.45. The molecule has 0 atom stereocenters. The van der Waals surface area contributed by atoms with Crippen LogP contribution in [0.2, 0.25) is 0 Å². The molecule has 1 aliphatic heterocycles. The zero-order valence-electron chi connectivity index (χ0n) is 12.2. The van der Waals surface area contributed by atoms with Gasteiger partial charge in [0.15, 0.2) is 0 Å². The summed E-state index contributed by atoms with van der Waals surface area (Å²) in [6, 6.07) is 0.504. The van der Waals surface area contributed by atoms with Gasteiger partial charge in [0.1, 0.15) is 0 Å². The van der Waals surface area contributed by atoms with E-state index in [0.717, 1.165) is 0 Å². The molecule has 104 valence electrons. The molecule has 2 heteroatoms. The van der Waals surface area contributed by atoms with Gasteiger partial charge in [0, 0.05) is 7.47 Å². The van der Waals surface area contributed by atoms with E-state index < -0.39 is 0 Å². The summed E-state index contributed by atoms with van der Waals surface area (Å²) in [6.45, 7) is 10.3. The Bertz CT molecular complexity index is 191. The topological polar surface area (TPSA) is 29.3 Å². The maximum Gasteiger partial charge on any atom is 0.00392 e. The van der Waals surface area contributed by atoms with Crippen molar-refractivity contribution >= 4 is 0 Å². The van der Waals surface area contributed by atoms with E-state index in [1.54, 1.807) is 0 Å². The minimum absolute atomic E-state index is 0. The second-order valence-corrected chi connectivity index (χ2v) is 5.68. The molecule has 1 saturated carbocycles. The van der Waals surface area contributed by atoms with Crippen molar-refractivity contribution in [1.82, 2.24) is 4.90 Å². The predicted molar refractivity (Wildman–Crippen MR) is 78.3 cm³/mol. The van der Waals surface area contributed by atoms with Gasteiger partial charge in [-0.05, 0) is 70.0 Å². The summed E-state index contributed by atoms with van der Waals surface area (Å²) < 4.78 is 0. The Morgan fingerprint density at radius 1 is 1.12 bits per heavy atom. The van der Waals surface area contributed by atoms with Gasteiger partial charge in [-0.15, -0.1) is 0 Å². The van der Waals surface area contributed by atoms with Gasteiger partial charge in [0.05, 0.1) is 0 Å². The van der Waals surface area contributed by atoms with Crippen LogP contribution in [0.3, 0.4) is 0 Å². The summed E-state index contributed by atoms with van der Waals surface area (Å²) in [6.07, 6.45) is 9.50. The Labute approximate surface area is 109 Å². The van der Waals surface area contributed by atoms with E-state index in [1.807, 2.05) is 13.8 Å². The molecule has 2 nitrogen and oxygen atoms in total. The van der Waals surface area contributed by atoms with Crippen molar-refractivity contribution < 1.29 is 1.43 Å². The molecule has 0 aromatic heterocycles. The fourth-order valence-corrected chi connectivity index (χ4v) is 3.32. The largest absolute Gasteiger partial charge is 0.328 e. The van der Waals surface area contributed by atoms with E-state index in [4.69, 9.17) is 5.73 Å². The summed E-state index contributed by atoms with van der Waals surface area (Å²) in [7, 11) is 0. The van der Waals surface area contributed by atoms with E-state index in [9.17, 15) is 0 Å². The van der Waals surface area contributed by atoms with E-state index in [1.165, 1.54) is 64.6 Å². The van der Waals surface area contributed by atoms with Gasteiger partial charge in [-0.2, -0.15) is 0 Å². The van der Waals surface area contributed by atoms with Gasteiger partial charge in [-0.3, -0.25) is 0 Å². The van der Waals surface area contributed by atoms with E-state index in [0.29, 0.717) is 11.5 Å². The first-order valence-corrected chi connectivity index (χ1v) is 7.72. The van der Waals surface area contributed by atoms with Crippen LogP contribution >= 0.6 is 0 Å². The maximum absolute atomic E-state index is 5.99. The highest BCUT2D eigenvalue weighted by Gasteiger charge is 2.36. The van der Waals surface area contributed by atoms with Crippen LogP contribution in [0.25, 0.3) is 0 Å². The smallest absolute Gasteiger partial charge is 0.00392 e. The predicted octanol–water partition coefficient (Wildman–Crippen LogP) is 3.65. The number of piperidine rings is 1. The molecule has 2 aliphatic rings. The molecule has 17 heavy (non-hydrogen) atoms. The van der Waals surface area contributed by atoms with Gasteiger partial charge >= 0.3 is 0 Å². The molecule has 0 bridgehead atoms. The van der Waals surface area contributed by atoms with Crippen molar-refractivity contribution in [2.24, 2.45) is 11.1 Å². The zero-order valence-corrected chi connectivity index (χ0v) is 12.2. The van der Waals surface area contributed by atoms with Crippen molar-refractivity contribution in [2.75, 3.05) is 19.6 Å². The van der Waals surface area contributed by atoms with Crippen molar-refractivity contribution in [1.29, 1.82) is 0 Å². The molecule has 0 radical (unpaired) electrons. The SMILES string of the molecule is CC.CCCN1CCC2(CCC(N)CC2)CC1.[HH]. The highest BCUT2D eigenvalue weighted by atomic mass is 15.1. The minimum atomic E-state index is 0. The first-order chi connectivity index (χ1) is 8.24. The molecular weight excluding hydrogens is 208 g/mol. The van der Waals surface area contributed by atoms with Crippen molar-refractivity contribution in [2.45, 2.75) is 71.8 Å². The van der Waals surface area contributed by atoms with Gasteiger partial charge in [-0.1, -0.05) is 20.8 Å². The van der Waals surface area contributed by atoms with Crippen LogP contribution in [0.1, 0.15) is 67.1 Å². The standard InChI is InChI=1S/C13H26N2.C2H6.H2/c1-2-9-15-10-7-13(8-11-15)5-3-12(14)4-6-13;1-2;/h12H,2-11,14H2,1H3;1-2H3;1H. The third-order valence-corrected chi connectivity index (χ3v) is 4.55. The van der Waals surface area contributed by atoms with Gasteiger partial charge in [0.2, 0.25) is 0 Å². The van der Waals surface area contributed by atoms with Gasteiger partial charge in [-0.25, -0.2) is 0 Å². The fraction of sp³-hybridized carbons (Fsp3) is 1.00. The second-order valence-electron chi connectivity index (χ2n) is 5.68. The fourth-order valence-electron chi connectivity index (χ4n) is 3.32. The monoisotopic (exact) mass is 242 g/mol. The summed E-state index contributed by atoms with van der Waals surface area (Å²) in [4.78, 5) is 2.64. The number of hydrogen-bond donors (Lipinski definition) is 1. The molecule has 1 heterocycles. The van der Waals surface area contributed by atoms with Crippen LogP contribution in [-0.2, 0) is 0 Å². The summed E-state index contributed by atoms with van der Waals surface area (Å²) in [5, 5.41) is 0. The lowest BCUT2D eigenvalue weighted by molar-refractivity contribution is 0.0629. The lowest BCUT2D eigenvalue weighted by Crippen LogP contribution is -2.43. The van der Waals surface area contributed by atoms with Gasteiger partial charge < -0.3 is 10.6 Å². The Morgan fingerprint density at radius 2 is 1.65 bits per heavy atom. The minimum Gasteiger partial charge on any atom is -0.328 e. The van der Waals surface area contributed by atoms with Crippen LogP contribution in [0.5, 0.6) is 0 Å². The number of rotatable bonds is 2. The first-order valence-electron chi connectivity index (χ1n) is 7.72. The maximum atomic E-state index is 5.99. The quantitative estimate of drug-likeness (QED) is 0.801. The number of hydrogen-bond acceptors (Lipinski definition) is 2. The molecule has 2 rings (SSSR count). The number of nitrogens with two attached hydrogens (primary N) is 1. The molecule has 1 aliphatic carbocycles. The van der Waals surface area contributed by atoms with E-state index in [-0.39, 0.29) is 1.43 Å². The van der Waals surface area contributed by atoms with Gasteiger partial charge in [0.25, 0.3) is 0 Å². The average molecular weight is 242 g/mol. The zero-order chi connectivity index (χ0) is 12.7. The Hall–Kier alpha value is -0.0800. The molecule has 0 amide bonds. The molecule has 2 fully saturated rings. The Balaban J connectivity index is 0.000000917. The normalized spacial score (nSPS) is 25.4. The first kappa shape index (κ1) is 15.0. The molecule has 2 N–H and O–H groups in total. The number of nitrogens with zero attached hydrogens (tertiary/aromatic N) is 1. The molecule has 1 spiro atoms. The van der Waals surface area contributed by atoms with Crippen molar-refractivity contribution in [3.8, 4) is 0 Å². The van der Waals surface area contributed by atoms with E-state index >= 15 is 0 Å². The Morgan fingerprint density at radius 3 is 2.12 bits per heavy atom. The van der Waals surface area contributed by atoms with Crippen LogP contribution in [-0.4, -0.2) is 30.6 Å². The lowest BCUT2D eigenvalue weighted by atomic mass is 9.67. The molecule has 0 aromatic rings. The van der Waals surface area contributed by atoms with Crippen molar-refractivity contribution in [3.05, 3.63) is 0 Å². The van der Waals surface area contributed by atoms with Crippen LogP contribution in [0.4, 0.5) is 0 Å². The Kier molecular flexibility index (Phi) is 6.50. The molecule has 0 aromatic carbocycles. The molecular formula is C15H34N2. The van der Waals surface area contributed by atoms with Crippen LogP contribution in [0, 0.1) is 5.41 Å². The highest BCUT2D eigenvalue weighted by Crippen LogP contribution is 2.44. The van der Waals surface area contributed by atoms with Crippen LogP contribution in [0.15, 0.2) is 0 Å².